The number of hydrazine groups is 1. The van der Waals surface area contributed by atoms with Crippen LogP contribution in [0.5, 0.6) is 5.75 Å². The zero-order valence-corrected chi connectivity index (χ0v) is 12.5. The Hall–Kier alpha value is -1.84. The number of methoxy groups -OCH3 is 1. The zero-order chi connectivity index (χ0) is 14.7. The predicted molar refractivity (Wildman–Crippen MR) is 82.8 cm³/mol. The van der Waals surface area contributed by atoms with E-state index in [-0.39, 0.29) is 6.04 Å². The second-order valence-corrected chi connectivity index (χ2v) is 5.13. The first kappa shape index (κ1) is 14.6. The molecule has 0 aromatic heterocycles. The van der Waals surface area contributed by atoms with Crippen molar-refractivity contribution in [2.45, 2.75) is 26.8 Å². The van der Waals surface area contributed by atoms with Gasteiger partial charge in [-0.3, -0.25) is 5.84 Å². The summed E-state index contributed by atoms with van der Waals surface area (Å²) in [5.41, 5.74) is 9.00. The Bertz CT molecular complexity index is 588. The molecular weight excluding hydrogens is 248 g/mol. The summed E-state index contributed by atoms with van der Waals surface area (Å²) in [6.07, 6.45) is 0. The minimum absolute atomic E-state index is 0.0119. The summed E-state index contributed by atoms with van der Waals surface area (Å²) in [6.45, 7) is 6.31. The first-order valence-electron chi connectivity index (χ1n) is 6.75. The van der Waals surface area contributed by atoms with Gasteiger partial charge in [0.05, 0.1) is 13.2 Å². The maximum atomic E-state index is 5.83. The standard InChI is InChI=1S/C17H22N2O/c1-11-6-5-7-12(2)16(11)17(19-18)15-9-8-14(20-4)10-13(15)3/h5-10,17,19H,18H2,1-4H3. The largest absolute Gasteiger partial charge is 0.497 e. The molecule has 1 unspecified atom stereocenters. The van der Waals surface area contributed by atoms with E-state index in [0.29, 0.717) is 0 Å². The van der Waals surface area contributed by atoms with Gasteiger partial charge in [-0.2, -0.15) is 0 Å². The third-order valence-electron chi connectivity index (χ3n) is 3.79. The van der Waals surface area contributed by atoms with Gasteiger partial charge in [-0.15, -0.1) is 0 Å². The van der Waals surface area contributed by atoms with Crippen LogP contribution < -0.4 is 16.0 Å². The number of ether oxygens (including phenoxy) is 1. The molecule has 2 aromatic carbocycles. The van der Waals surface area contributed by atoms with E-state index in [1.54, 1.807) is 7.11 Å². The molecule has 0 fully saturated rings. The van der Waals surface area contributed by atoms with Crippen LogP contribution in [-0.4, -0.2) is 7.11 Å². The molecule has 3 heteroatoms. The molecule has 0 saturated carbocycles. The summed E-state index contributed by atoms with van der Waals surface area (Å²) >= 11 is 0. The predicted octanol–water partition coefficient (Wildman–Crippen LogP) is 3.17. The molecule has 20 heavy (non-hydrogen) atoms. The molecule has 0 amide bonds. The van der Waals surface area contributed by atoms with E-state index in [4.69, 9.17) is 10.6 Å². The molecule has 0 heterocycles. The Morgan fingerprint density at radius 1 is 1.00 bits per heavy atom. The second kappa shape index (κ2) is 6.07. The third-order valence-corrected chi connectivity index (χ3v) is 3.79. The highest BCUT2D eigenvalue weighted by Gasteiger charge is 2.18. The topological polar surface area (TPSA) is 47.3 Å². The Balaban J connectivity index is 2.53. The van der Waals surface area contributed by atoms with E-state index in [2.05, 4.69) is 50.5 Å². The summed E-state index contributed by atoms with van der Waals surface area (Å²) in [6, 6.07) is 12.4. The zero-order valence-electron chi connectivity index (χ0n) is 12.5. The molecule has 1 atom stereocenters. The number of benzene rings is 2. The molecule has 0 saturated heterocycles. The lowest BCUT2D eigenvalue weighted by Gasteiger charge is -2.23. The lowest BCUT2D eigenvalue weighted by molar-refractivity contribution is 0.414. The molecule has 0 radical (unpaired) electrons. The Kier molecular flexibility index (Phi) is 4.42. The van der Waals surface area contributed by atoms with Crippen molar-refractivity contribution in [1.82, 2.24) is 5.43 Å². The van der Waals surface area contributed by atoms with E-state index >= 15 is 0 Å². The van der Waals surface area contributed by atoms with Crippen LogP contribution in [0.3, 0.4) is 0 Å². The van der Waals surface area contributed by atoms with Crippen LogP contribution in [0.15, 0.2) is 36.4 Å². The van der Waals surface area contributed by atoms with Gasteiger partial charge in [0.25, 0.3) is 0 Å². The number of hydrogen-bond donors (Lipinski definition) is 2. The van der Waals surface area contributed by atoms with Crippen LogP contribution in [-0.2, 0) is 0 Å². The van der Waals surface area contributed by atoms with Gasteiger partial charge in [-0.1, -0.05) is 24.3 Å². The Morgan fingerprint density at radius 3 is 2.15 bits per heavy atom. The quantitative estimate of drug-likeness (QED) is 0.662. The molecule has 106 valence electrons. The second-order valence-electron chi connectivity index (χ2n) is 5.13. The van der Waals surface area contributed by atoms with Crippen molar-refractivity contribution in [3.8, 4) is 5.75 Å². The summed E-state index contributed by atoms with van der Waals surface area (Å²) in [5, 5.41) is 0. The highest BCUT2D eigenvalue weighted by Crippen LogP contribution is 2.30. The van der Waals surface area contributed by atoms with Crippen LogP contribution in [0.2, 0.25) is 0 Å². The van der Waals surface area contributed by atoms with Gasteiger partial charge in [0.1, 0.15) is 5.75 Å². The van der Waals surface area contributed by atoms with E-state index in [1.165, 1.54) is 22.3 Å². The van der Waals surface area contributed by atoms with Gasteiger partial charge in [0.2, 0.25) is 0 Å². The van der Waals surface area contributed by atoms with Crippen LogP contribution in [0, 0.1) is 20.8 Å². The van der Waals surface area contributed by atoms with Crippen LogP contribution in [0.4, 0.5) is 0 Å². The highest BCUT2D eigenvalue weighted by molar-refractivity contribution is 5.46. The lowest BCUT2D eigenvalue weighted by atomic mass is 9.89. The smallest absolute Gasteiger partial charge is 0.119 e. The van der Waals surface area contributed by atoms with Crippen LogP contribution in [0.25, 0.3) is 0 Å². The molecule has 3 nitrogen and oxygen atoms in total. The first-order chi connectivity index (χ1) is 9.58. The van der Waals surface area contributed by atoms with E-state index < -0.39 is 0 Å². The average Bonchev–Trinajstić information content (AvgIpc) is 2.43. The monoisotopic (exact) mass is 270 g/mol. The van der Waals surface area contributed by atoms with Crippen molar-refractivity contribution in [3.63, 3.8) is 0 Å². The van der Waals surface area contributed by atoms with Crippen molar-refractivity contribution in [1.29, 1.82) is 0 Å². The van der Waals surface area contributed by atoms with E-state index in [0.717, 1.165) is 11.3 Å². The minimum Gasteiger partial charge on any atom is -0.497 e. The maximum Gasteiger partial charge on any atom is 0.119 e. The van der Waals surface area contributed by atoms with Crippen molar-refractivity contribution in [2.24, 2.45) is 5.84 Å². The molecule has 0 aliphatic rings. The molecule has 3 N–H and O–H groups in total. The van der Waals surface area contributed by atoms with Gasteiger partial charge < -0.3 is 4.74 Å². The summed E-state index contributed by atoms with van der Waals surface area (Å²) < 4.78 is 5.26. The molecule has 0 aliphatic heterocycles. The van der Waals surface area contributed by atoms with Gasteiger partial charge in [-0.25, -0.2) is 5.43 Å². The summed E-state index contributed by atoms with van der Waals surface area (Å²) in [7, 11) is 1.68. The summed E-state index contributed by atoms with van der Waals surface area (Å²) in [5.74, 6) is 6.70. The Labute approximate surface area is 120 Å². The first-order valence-corrected chi connectivity index (χ1v) is 6.75. The molecule has 0 aliphatic carbocycles. The average molecular weight is 270 g/mol. The molecule has 2 rings (SSSR count). The number of nitrogens with one attached hydrogen (secondary N) is 1. The normalized spacial score (nSPS) is 12.2. The molecule has 0 spiro atoms. The van der Waals surface area contributed by atoms with Crippen molar-refractivity contribution in [2.75, 3.05) is 7.11 Å². The van der Waals surface area contributed by atoms with Gasteiger partial charge in [0, 0.05) is 0 Å². The van der Waals surface area contributed by atoms with Crippen molar-refractivity contribution >= 4 is 0 Å². The SMILES string of the molecule is COc1ccc(C(NN)c2c(C)cccc2C)c(C)c1. The lowest BCUT2D eigenvalue weighted by Crippen LogP contribution is -2.30. The third kappa shape index (κ3) is 2.69. The van der Waals surface area contributed by atoms with E-state index in [9.17, 15) is 0 Å². The molecular formula is C17H22N2O. The molecule has 0 bridgehead atoms. The fourth-order valence-corrected chi connectivity index (χ4v) is 2.71. The fraction of sp³-hybridized carbons (Fsp3) is 0.294. The minimum atomic E-state index is -0.0119. The number of nitrogens with two attached hydrogens (primary N) is 1. The highest BCUT2D eigenvalue weighted by atomic mass is 16.5. The number of hydrogen-bond acceptors (Lipinski definition) is 3. The fourth-order valence-electron chi connectivity index (χ4n) is 2.71. The van der Waals surface area contributed by atoms with Crippen LogP contribution in [0.1, 0.15) is 33.9 Å². The van der Waals surface area contributed by atoms with Gasteiger partial charge >= 0.3 is 0 Å². The summed E-state index contributed by atoms with van der Waals surface area (Å²) in [4.78, 5) is 0. The van der Waals surface area contributed by atoms with Crippen LogP contribution >= 0.6 is 0 Å². The molecule has 2 aromatic rings. The van der Waals surface area contributed by atoms with Gasteiger partial charge in [0.15, 0.2) is 0 Å². The van der Waals surface area contributed by atoms with Crippen molar-refractivity contribution < 1.29 is 4.74 Å². The maximum absolute atomic E-state index is 5.83. The van der Waals surface area contributed by atoms with Gasteiger partial charge in [-0.05, 0) is 60.7 Å². The number of aryl methyl sites for hydroxylation is 3. The van der Waals surface area contributed by atoms with Crippen molar-refractivity contribution in [3.05, 3.63) is 64.2 Å². The van der Waals surface area contributed by atoms with E-state index in [1.807, 2.05) is 12.1 Å². The number of rotatable bonds is 4. The Morgan fingerprint density at radius 2 is 1.65 bits per heavy atom.